The molecule has 1 unspecified atom stereocenters. The third kappa shape index (κ3) is 3.94. The summed E-state index contributed by atoms with van der Waals surface area (Å²) >= 11 is 0. The Kier molecular flexibility index (Phi) is 5.09. The minimum absolute atomic E-state index is 0.187. The highest BCUT2D eigenvalue weighted by molar-refractivity contribution is 6.23. The number of halogens is 2. The van der Waals surface area contributed by atoms with E-state index in [1.807, 2.05) is 0 Å². The van der Waals surface area contributed by atoms with Crippen molar-refractivity contribution in [3.05, 3.63) is 41.6 Å². The topological polar surface area (TPSA) is 84.9 Å². The molecule has 1 saturated carbocycles. The van der Waals surface area contributed by atoms with Gasteiger partial charge in [0.15, 0.2) is 0 Å². The van der Waals surface area contributed by atoms with Gasteiger partial charge in [0.2, 0.25) is 5.91 Å². The molecule has 1 aromatic rings. The minimum atomic E-state index is -2.87. The molecule has 0 radical (unpaired) electrons. The highest BCUT2D eigenvalue weighted by Crippen LogP contribution is 2.34. The van der Waals surface area contributed by atoms with Gasteiger partial charge in [-0.15, -0.1) is 0 Å². The van der Waals surface area contributed by atoms with Crippen LogP contribution < -0.4 is 10.1 Å². The number of alkyl halides is 2. The Morgan fingerprint density at radius 2 is 1.87 bits per heavy atom. The zero-order valence-electron chi connectivity index (χ0n) is 16.5. The van der Waals surface area contributed by atoms with Gasteiger partial charge in [0.1, 0.15) is 24.5 Å². The molecule has 1 aliphatic carbocycles. The molecule has 2 aliphatic heterocycles. The molecule has 2 heterocycles. The third-order valence-corrected chi connectivity index (χ3v) is 5.45. The van der Waals surface area contributed by atoms with Gasteiger partial charge in [-0.25, -0.2) is 8.78 Å². The van der Waals surface area contributed by atoms with Crippen molar-refractivity contribution in [3.8, 4) is 5.75 Å². The molecule has 0 aromatic heterocycles. The Morgan fingerprint density at radius 3 is 2.53 bits per heavy atom. The van der Waals surface area contributed by atoms with Gasteiger partial charge in [0.05, 0.1) is 17.2 Å². The van der Waals surface area contributed by atoms with E-state index in [9.17, 15) is 23.2 Å². The average molecular weight is 420 g/mol. The number of carbonyl (C=O) groups excluding carboxylic acids is 3. The maximum atomic E-state index is 12.8. The highest BCUT2D eigenvalue weighted by Gasteiger charge is 2.44. The molecule has 1 atom stereocenters. The maximum absolute atomic E-state index is 12.8. The van der Waals surface area contributed by atoms with Crippen molar-refractivity contribution in [1.82, 2.24) is 10.2 Å². The first kappa shape index (κ1) is 20.5. The molecule has 1 saturated heterocycles. The maximum Gasteiger partial charge on any atom is 0.268 e. The quantitative estimate of drug-likeness (QED) is 0.716. The molecule has 0 spiro atoms. The summed E-state index contributed by atoms with van der Waals surface area (Å²) in [6.45, 7) is 3.88. The fraction of sp³-hybridized carbons (Fsp3) is 0.476. The average Bonchev–Trinajstić information content (AvgIpc) is 2.87. The number of nitrogens with one attached hydrogen (secondary N) is 1. The van der Waals surface area contributed by atoms with Gasteiger partial charge in [-0.2, -0.15) is 0 Å². The van der Waals surface area contributed by atoms with E-state index in [1.54, 1.807) is 6.07 Å². The summed E-state index contributed by atoms with van der Waals surface area (Å²) in [5, 5.41) is 2.59. The number of nitrogens with zero attached hydrogens (tertiary/aromatic N) is 1. The van der Waals surface area contributed by atoms with E-state index in [1.165, 1.54) is 12.1 Å². The van der Waals surface area contributed by atoms with Crippen LogP contribution in [0.25, 0.3) is 0 Å². The summed E-state index contributed by atoms with van der Waals surface area (Å²) in [6.07, 6.45) is 1.27. The molecule has 0 bridgehead atoms. The van der Waals surface area contributed by atoms with Gasteiger partial charge < -0.3 is 14.8 Å². The number of hydrogen-bond donors (Lipinski definition) is 1. The van der Waals surface area contributed by atoms with Crippen LogP contribution in [0.5, 0.6) is 5.75 Å². The van der Waals surface area contributed by atoms with E-state index >= 15 is 0 Å². The summed E-state index contributed by atoms with van der Waals surface area (Å²) < 4.78 is 36.6. The first-order chi connectivity index (χ1) is 14.1. The Labute approximate surface area is 172 Å². The largest absolute Gasteiger partial charge is 0.490 e. The smallest absolute Gasteiger partial charge is 0.268 e. The molecule has 1 aromatic carbocycles. The van der Waals surface area contributed by atoms with Crippen molar-refractivity contribution in [2.24, 2.45) is 0 Å². The van der Waals surface area contributed by atoms with Gasteiger partial charge in [0, 0.05) is 25.5 Å². The molecule has 2 fully saturated rings. The zero-order valence-corrected chi connectivity index (χ0v) is 16.5. The Morgan fingerprint density at radius 1 is 1.17 bits per heavy atom. The van der Waals surface area contributed by atoms with E-state index in [0.717, 1.165) is 11.8 Å². The lowest BCUT2D eigenvalue weighted by atomic mass is 9.92. The Bertz CT molecular complexity index is 920. The van der Waals surface area contributed by atoms with Gasteiger partial charge in [-0.1, -0.05) is 6.58 Å². The van der Waals surface area contributed by atoms with E-state index in [4.69, 9.17) is 9.47 Å². The first-order valence-corrected chi connectivity index (χ1v) is 9.79. The first-order valence-electron chi connectivity index (χ1n) is 9.79. The van der Waals surface area contributed by atoms with Crippen LogP contribution in [0.15, 0.2) is 30.5 Å². The lowest BCUT2D eigenvalue weighted by Gasteiger charge is -2.35. The number of allylic oxidation sites excluding steroid dienone is 1. The number of hydrogen-bond acceptors (Lipinski definition) is 5. The Balaban J connectivity index is 1.39. The number of benzene rings is 1. The van der Waals surface area contributed by atoms with Crippen molar-refractivity contribution in [2.45, 2.75) is 56.8 Å². The molecule has 3 aliphatic rings. The van der Waals surface area contributed by atoms with Crippen LogP contribution in [0.2, 0.25) is 0 Å². The van der Waals surface area contributed by atoms with E-state index in [-0.39, 0.29) is 23.3 Å². The van der Waals surface area contributed by atoms with Crippen LogP contribution in [0.1, 0.15) is 53.3 Å². The monoisotopic (exact) mass is 420 g/mol. The van der Waals surface area contributed by atoms with Crippen molar-refractivity contribution in [2.75, 3.05) is 6.61 Å². The minimum Gasteiger partial charge on any atom is -0.490 e. The van der Waals surface area contributed by atoms with Crippen molar-refractivity contribution >= 4 is 17.7 Å². The summed E-state index contributed by atoms with van der Waals surface area (Å²) in [7, 11) is 0. The molecule has 1 N–H and O–H groups in total. The summed E-state index contributed by atoms with van der Waals surface area (Å²) in [6, 6.07) is 3.72. The molecular formula is C21H22F2N2O5. The van der Waals surface area contributed by atoms with Gasteiger partial charge in [-0.3, -0.25) is 19.3 Å². The fourth-order valence-corrected chi connectivity index (χ4v) is 3.81. The SMILES string of the molecule is C=C1CCC(N2C(=O)c3ccc(OC4CC(OCC(C)(F)F)C4)cc3C2=O)C(=O)N1. The molecule has 30 heavy (non-hydrogen) atoms. The fourth-order valence-electron chi connectivity index (χ4n) is 3.81. The van der Waals surface area contributed by atoms with Crippen LogP contribution in [0.4, 0.5) is 8.78 Å². The molecule has 9 heteroatoms. The van der Waals surface area contributed by atoms with Crippen LogP contribution in [0, 0.1) is 0 Å². The van der Waals surface area contributed by atoms with Gasteiger partial charge in [0.25, 0.3) is 17.7 Å². The lowest BCUT2D eigenvalue weighted by Crippen LogP contribution is -2.51. The second-order valence-corrected chi connectivity index (χ2v) is 8.05. The predicted molar refractivity (Wildman–Crippen MR) is 101 cm³/mol. The molecule has 4 rings (SSSR count). The van der Waals surface area contributed by atoms with Crippen LogP contribution in [-0.2, 0) is 9.53 Å². The van der Waals surface area contributed by atoms with E-state index < -0.39 is 36.3 Å². The predicted octanol–water partition coefficient (Wildman–Crippen LogP) is 2.66. The van der Waals surface area contributed by atoms with Crippen molar-refractivity contribution in [3.63, 3.8) is 0 Å². The normalized spacial score (nSPS) is 26.4. The standard InChI is InChI=1S/C21H22F2N2O5/c1-11-3-6-17(18(26)24-11)25-19(27)15-5-4-12(9-16(15)20(25)28)30-14-7-13(8-14)29-10-21(2,22)23/h4-5,9,13-14,17H,1,3,6-8,10H2,2H3,(H,24,26). The molecule has 7 nitrogen and oxygen atoms in total. The number of ether oxygens (including phenoxy) is 2. The van der Waals surface area contributed by atoms with Crippen LogP contribution in [-0.4, -0.2) is 53.4 Å². The second kappa shape index (κ2) is 7.46. The Hall–Kier alpha value is -2.81. The van der Waals surface area contributed by atoms with Crippen LogP contribution in [0.3, 0.4) is 0 Å². The molecule has 3 amide bonds. The molecule has 160 valence electrons. The number of fused-ring (bicyclic) bond motifs is 1. The van der Waals surface area contributed by atoms with Crippen molar-refractivity contribution < 1.29 is 32.6 Å². The number of amides is 3. The van der Waals surface area contributed by atoms with Crippen molar-refractivity contribution in [1.29, 1.82) is 0 Å². The summed E-state index contributed by atoms with van der Waals surface area (Å²) in [5.41, 5.74) is 0.978. The zero-order chi connectivity index (χ0) is 21.6. The number of rotatable bonds is 6. The van der Waals surface area contributed by atoms with Crippen LogP contribution >= 0.6 is 0 Å². The number of carbonyl (C=O) groups is 3. The van der Waals surface area contributed by atoms with E-state index in [2.05, 4.69) is 11.9 Å². The number of piperidine rings is 1. The van der Waals surface area contributed by atoms with E-state index in [0.29, 0.717) is 37.1 Å². The van der Waals surface area contributed by atoms with Gasteiger partial charge >= 0.3 is 0 Å². The molecular weight excluding hydrogens is 398 g/mol. The highest BCUT2D eigenvalue weighted by atomic mass is 19.3. The summed E-state index contributed by atoms with van der Waals surface area (Å²) in [5.74, 6) is -3.93. The summed E-state index contributed by atoms with van der Waals surface area (Å²) in [4.78, 5) is 38.8. The van der Waals surface area contributed by atoms with Gasteiger partial charge in [-0.05, 0) is 31.0 Å². The number of imide groups is 1. The second-order valence-electron chi connectivity index (χ2n) is 8.05. The third-order valence-electron chi connectivity index (χ3n) is 5.45. The lowest BCUT2D eigenvalue weighted by molar-refractivity contribution is -0.127.